The lowest BCUT2D eigenvalue weighted by Crippen LogP contribution is -2.40. The molecule has 1 aliphatic rings. The van der Waals surface area contributed by atoms with E-state index in [-0.39, 0.29) is 0 Å². The van der Waals surface area contributed by atoms with E-state index >= 15 is 0 Å². The topological polar surface area (TPSA) is 30.5 Å². The molecule has 0 aromatic heterocycles. The van der Waals surface area contributed by atoms with Crippen molar-refractivity contribution in [1.29, 1.82) is 0 Å². The van der Waals surface area contributed by atoms with Crippen LogP contribution in [0.3, 0.4) is 0 Å². The van der Waals surface area contributed by atoms with Gasteiger partial charge in [0.05, 0.1) is 19.3 Å². The minimum atomic E-state index is 0.461. The summed E-state index contributed by atoms with van der Waals surface area (Å²) in [6.45, 7) is 11.3. The van der Waals surface area contributed by atoms with Gasteiger partial charge in [0.25, 0.3) is 0 Å². The predicted octanol–water partition coefficient (Wildman–Crippen LogP) is 2.52. The number of hydrogen-bond donors (Lipinski definition) is 1. The van der Waals surface area contributed by atoms with E-state index in [2.05, 4.69) is 18.8 Å². The Labute approximate surface area is 106 Å². The molecule has 17 heavy (non-hydrogen) atoms. The zero-order chi connectivity index (χ0) is 12.5. The number of nitrogens with one attached hydrogen (secondary N) is 1. The summed E-state index contributed by atoms with van der Waals surface area (Å²) in [4.78, 5) is 0. The Bertz CT molecular complexity index is 216. The molecular formula is C14H27NO2. The number of ether oxygens (including phenoxy) is 2. The standard InChI is InChI=1S/C14H27NO2/c1-4-5-14-10-13(6-8-17-14)15-7-9-16-11-12(2)3/h13-15H,2,4-11H2,1,3H3. The van der Waals surface area contributed by atoms with Crippen molar-refractivity contribution in [2.24, 2.45) is 0 Å². The van der Waals surface area contributed by atoms with Gasteiger partial charge in [0.2, 0.25) is 0 Å². The molecule has 0 radical (unpaired) electrons. The molecular weight excluding hydrogens is 214 g/mol. The summed E-state index contributed by atoms with van der Waals surface area (Å²) in [5.41, 5.74) is 1.08. The van der Waals surface area contributed by atoms with Gasteiger partial charge >= 0.3 is 0 Å². The molecule has 3 nitrogen and oxygen atoms in total. The molecule has 0 aromatic rings. The highest BCUT2D eigenvalue weighted by Crippen LogP contribution is 2.17. The molecule has 0 aromatic carbocycles. The molecule has 0 bridgehead atoms. The fourth-order valence-electron chi connectivity index (χ4n) is 2.17. The van der Waals surface area contributed by atoms with Crippen molar-refractivity contribution in [2.75, 3.05) is 26.4 Å². The lowest BCUT2D eigenvalue weighted by molar-refractivity contribution is -0.00420. The first-order chi connectivity index (χ1) is 8.22. The van der Waals surface area contributed by atoms with Crippen molar-refractivity contribution in [2.45, 2.75) is 51.7 Å². The second-order valence-corrected chi connectivity index (χ2v) is 4.97. The molecule has 2 atom stereocenters. The average molecular weight is 241 g/mol. The van der Waals surface area contributed by atoms with Crippen LogP contribution in [0.25, 0.3) is 0 Å². The van der Waals surface area contributed by atoms with Gasteiger partial charge in [0.1, 0.15) is 0 Å². The molecule has 1 heterocycles. The van der Waals surface area contributed by atoms with Gasteiger partial charge in [-0.3, -0.25) is 0 Å². The Balaban J connectivity index is 2.04. The zero-order valence-corrected chi connectivity index (χ0v) is 11.3. The van der Waals surface area contributed by atoms with Gasteiger partial charge in [0.15, 0.2) is 0 Å². The number of rotatable bonds is 8. The van der Waals surface area contributed by atoms with Crippen molar-refractivity contribution < 1.29 is 9.47 Å². The summed E-state index contributed by atoms with van der Waals surface area (Å²) >= 11 is 0. The van der Waals surface area contributed by atoms with Crippen LogP contribution in [0, 0.1) is 0 Å². The summed E-state index contributed by atoms with van der Waals surface area (Å²) in [5, 5.41) is 3.55. The highest BCUT2D eigenvalue weighted by atomic mass is 16.5. The van der Waals surface area contributed by atoms with Gasteiger partial charge in [-0.2, -0.15) is 0 Å². The molecule has 0 amide bonds. The Hall–Kier alpha value is -0.380. The smallest absolute Gasteiger partial charge is 0.0672 e. The molecule has 2 unspecified atom stereocenters. The Morgan fingerprint density at radius 2 is 2.35 bits per heavy atom. The Morgan fingerprint density at radius 1 is 1.53 bits per heavy atom. The first kappa shape index (κ1) is 14.7. The van der Waals surface area contributed by atoms with Crippen molar-refractivity contribution in [3.63, 3.8) is 0 Å². The first-order valence-electron chi connectivity index (χ1n) is 6.79. The van der Waals surface area contributed by atoms with Crippen LogP contribution in [0.1, 0.15) is 39.5 Å². The number of hydrogen-bond acceptors (Lipinski definition) is 3. The van der Waals surface area contributed by atoms with Gasteiger partial charge in [-0.1, -0.05) is 25.5 Å². The third kappa shape index (κ3) is 6.81. The monoisotopic (exact) mass is 241 g/mol. The minimum Gasteiger partial charge on any atom is -0.378 e. The first-order valence-corrected chi connectivity index (χ1v) is 6.79. The maximum Gasteiger partial charge on any atom is 0.0672 e. The lowest BCUT2D eigenvalue weighted by Gasteiger charge is -2.30. The molecule has 100 valence electrons. The molecule has 3 heteroatoms. The van der Waals surface area contributed by atoms with E-state index in [4.69, 9.17) is 9.47 Å². The average Bonchev–Trinajstić information content (AvgIpc) is 2.29. The highest BCUT2D eigenvalue weighted by Gasteiger charge is 2.20. The van der Waals surface area contributed by atoms with Gasteiger partial charge < -0.3 is 14.8 Å². The Kier molecular flexibility index (Phi) is 7.49. The van der Waals surface area contributed by atoms with Gasteiger partial charge in [-0.15, -0.1) is 0 Å². The predicted molar refractivity (Wildman–Crippen MR) is 71.3 cm³/mol. The molecule has 1 rings (SSSR count). The Morgan fingerprint density at radius 3 is 3.06 bits per heavy atom. The third-order valence-corrected chi connectivity index (χ3v) is 3.01. The molecule has 1 aliphatic heterocycles. The summed E-state index contributed by atoms with van der Waals surface area (Å²) in [7, 11) is 0. The maximum absolute atomic E-state index is 5.72. The van der Waals surface area contributed by atoms with Crippen molar-refractivity contribution >= 4 is 0 Å². The molecule has 1 fully saturated rings. The molecule has 0 aliphatic carbocycles. The van der Waals surface area contributed by atoms with Crippen molar-refractivity contribution in [3.05, 3.63) is 12.2 Å². The lowest BCUT2D eigenvalue weighted by atomic mass is 10.0. The minimum absolute atomic E-state index is 0.461. The van der Waals surface area contributed by atoms with Gasteiger partial charge in [0, 0.05) is 19.2 Å². The summed E-state index contributed by atoms with van der Waals surface area (Å²) in [5.74, 6) is 0. The summed E-state index contributed by atoms with van der Waals surface area (Å²) in [6, 6.07) is 0.605. The SMILES string of the molecule is C=C(C)COCCNC1CCOC(CCC)C1. The highest BCUT2D eigenvalue weighted by molar-refractivity contribution is 4.87. The van der Waals surface area contributed by atoms with E-state index in [0.717, 1.165) is 38.2 Å². The maximum atomic E-state index is 5.72. The molecule has 1 N–H and O–H groups in total. The summed E-state index contributed by atoms with van der Waals surface area (Å²) in [6.07, 6.45) is 5.13. The van der Waals surface area contributed by atoms with Crippen molar-refractivity contribution in [3.8, 4) is 0 Å². The molecule has 1 saturated heterocycles. The van der Waals surface area contributed by atoms with Crippen molar-refractivity contribution in [1.82, 2.24) is 5.32 Å². The second kappa shape index (κ2) is 8.67. The van der Waals surface area contributed by atoms with Crippen LogP contribution >= 0.6 is 0 Å². The van der Waals surface area contributed by atoms with Crippen LogP contribution in [-0.2, 0) is 9.47 Å². The largest absolute Gasteiger partial charge is 0.378 e. The normalized spacial score (nSPS) is 24.8. The van der Waals surface area contributed by atoms with Crippen LogP contribution in [-0.4, -0.2) is 38.5 Å². The van der Waals surface area contributed by atoms with E-state index < -0.39 is 0 Å². The quantitative estimate of drug-likeness (QED) is 0.523. The van der Waals surface area contributed by atoms with E-state index in [1.807, 2.05) is 6.92 Å². The zero-order valence-electron chi connectivity index (χ0n) is 11.3. The van der Waals surface area contributed by atoms with E-state index in [9.17, 15) is 0 Å². The van der Waals surface area contributed by atoms with Crippen LogP contribution in [0.5, 0.6) is 0 Å². The van der Waals surface area contributed by atoms with E-state index in [1.165, 1.54) is 12.8 Å². The fraction of sp³-hybridized carbons (Fsp3) is 0.857. The van der Waals surface area contributed by atoms with Gasteiger partial charge in [-0.05, 0) is 26.2 Å². The second-order valence-electron chi connectivity index (χ2n) is 4.97. The van der Waals surface area contributed by atoms with E-state index in [0.29, 0.717) is 18.8 Å². The fourth-order valence-corrected chi connectivity index (χ4v) is 2.17. The van der Waals surface area contributed by atoms with Crippen LogP contribution in [0.4, 0.5) is 0 Å². The third-order valence-electron chi connectivity index (χ3n) is 3.01. The van der Waals surface area contributed by atoms with Crippen LogP contribution < -0.4 is 5.32 Å². The van der Waals surface area contributed by atoms with Gasteiger partial charge in [-0.25, -0.2) is 0 Å². The van der Waals surface area contributed by atoms with Crippen LogP contribution in [0.15, 0.2) is 12.2 Å². The molecule has 0 saturated carbocycles. The van der Waals surface area contributed by atoms with Crippen LogP contribution in [0.2, 0.25) is 0 Å². The summed E-state index contributed by atoms with van der Waals surface area (Å²) < 4.78 is 11.2. The molecule has 0 spiro atoms. The van der Waals surface area contributed by atoms with E-state index in [1.54, 1.807) is 0 Å².